The molecule has 1 rings (SSSR count). The number of allylic oxidation sites excluding steroid dienone is 2. The molecule has 14 heavy (non-hydrogen) atoms. The smallest absolute Gasteiger partial charge is 0.142 e. The van der Waals surface area contributed by atoms with Crippen LogP contribution in [0.15, 0.2) is 36.4 Å². The predicted octanol–water partition coefficient (Wildman–Crippen LogP) is 1.83. The van der Waals surface area contributed by atoms with E-state index in [1.807, 2.05) is 24.3 Å². The van der Waals surface area contributed by atoms with Gasteiger partial charge in [-0.1, -0.05) is 30.3 Å². The molecule has 0 spiro atoms. The summed E-state index contributed by atoms with van der Waals surface area (Å²) in [6, 6.07) is 7.62. The van der Waals surface area contributed by atoms with Gasteiger partial charge in [-0.2, -0.15) is 0 Å². The van der Waals surface area contributed by atoms with Crippen molar-refractivity contribution in [3.8, 4) is 0 Å². The van der Waals surface area contributed by atoms with Crippen molar-refractivity contribution in [1.82, 2.24) is 0 Å². The second-order valence-electron chi connectivity index (χ2n) is 2.76. The first-order valence-electron chi connectivity index (χ1n) is 4.27. The fourth-order valence-corrected chi connectivity index (χ4v) is 1.07. The van der Waals surface area contributed by atoms with Gasteiger partial charge in [-0.3, -0.25) is 4.79 Å². The van der Waals surface area contributed by atoms with Crippen molar-refractivity contribution in [3.63, 3.8) is 0 Å². The molecular formula is C12H10O2. The van der Waals surface area contributed by atoms with Crippen molar-refractivity contribution in [2.24, 2.45) is 0 Å². The molecule has 1 aromatic carbocycles. The average Bonchev–Trinajstić information content (AvgIpc) is 2.25. The van der Waals surface area contributed by atoms with Gasteiger partial charge < -0.3 is 0 Å². The number of hydrogen-bond acceptors (Lipinski definition) is 2. The van der Waals surface area contributed by atoms with Crippen LogP contribution in [0.4, 0.5) is 0 Å². The molecule has 0 atom stereocenters. The van der Waals surface area contributed by atoms with Crippen LogP contribution >= 0.6 is 0 Å². The number of hydrogen-bond donors (Lipinski definition) is 0. The Bertz CT molecular complexity index is 368. The summed E-state index contributed by atoms with van der Waals surface area (Å²) in [5, 5.41) is 0. The number of carbonyl (C=O) groups is 1. The fourth-order valence-electron chi connectivity index (χ4n) is 1.07. The highest BCUT2D eigenvalue weighted by Crippen LogP contribution is 2.06. The van der Waals surface area contributed by atoms with Gasteiger partial charge in [0.2, 0.25) is 0 Å². The van der Waals surface area contributed by atoms with Crippen LogP contribution in [0.3, 0.4) is 0 Å². The first kappa shape index (κ1) is 10.2. The lowest BCUT2D eigenvalue weighted by molar-refractivity contribution is -0.104. The van der Waals surface area contributed by atoms with Crippen molar-refractivity contribution in [2.75, 3.05) is 0 Å². The molecule has 0 saturated carbocycles. The fraction of sp³-hybridized carbons (Fsp3) is 0.0833. The molecule has 0 aliphatic rings. The summed E-state index contributed by atoms with van der Waals surface area (Å²) < 4.78 is 0. The van der Waals surface area contributed by atoms with Gasteiger partial charge in [0.25, 0.3) is 0 Å². The molecule has 0 amide bonds. The van der Waals surface area contributed by atoms with Crippen LogP contribution in [0, 0.1) is 0 Å². The molecule has 2 heteroatoms. The minimum absolute atomic E-state index is 0.598. The van der Waals surface area contributed by atoms with Gasteiger partial charge in [0.15, 0.2) is 0 Å². The third-order valence-electron chi connectivity index (χ3n) is 1.77. The van der Waals surface area contributed by atoms with Gasteiger partial charge in [-0.15, -0.1) is 0 Å². The van der Waals surface area contributed by atoms with E-state index in [0.717, 1.165) is 17.4 Å². The molecule has 0 N–H and O–H groups in total. The molecule has 0 aliphatic carbocycles. The van der Waals surface area contributed by atoms with E-state index in [-0.39, 0.29) is 0 Å². The standard InChI is InChI=1S/C12H10O2/c13-9-1-3-11-5-7-12(8-6-11)4-2-10-14/h1-3,5-9H,4H2/b3-1+. The van der Waals surface area contributed by atoms with Crippen LogP contribution in [0.1, 0.15) is 11.1 Å². The maximum atomic E-state index is 10.1. The second-order valence-corrected chi connectivity index (χ2v) is 2.76. The Morgan fingerprint density at radius 1 is 1.21 bits per heavy atom. The number of carbonyl (C=O) groups excluding carboxylic acids is 2. The van der Waals surface area contributed by atoms with Gasteiger partial charge in [0.05, 0.1) is 0 Å². The first-order chi connectivity index (χ1) is 6.86. The zero-order valence-electron chi connectivity index (χ0n) is 7.64. The van der Waals surface area contributed by atoms with E-state index in [2.05, 4.69) is 0 Å². The number of aldehydes is 1. The zero-order valence-corrected chi connectivity index (χ0v) is 7.64. The first-order valence-corrected chi connectivity index (χ1v) is 4.27. The van der Waals surface area contributed by atoms with Crippen LogP contribution in [0.5, 0.6) is 0 Å². The number of rotatable bonds is 4. The van der Waals surface area contributed by atoms with Crippen molar-refractivity contribution in [1.29, 1.82) is 0 Å². The van der Waals surface area contributed by atoms with Crippen LogP contribution in [-0.2, 0) is 16.0 Å². The summed E-state index contributed by atoms with van der Waals surface area (Å²) in [6.45, 7) is 0. The van der Waals surface area contributed by atoms with Crippen LogP contribution in [0.2, 0.25) is 0 Å². The molecule has 0 aliphatic heterocycles. The van der Waals surface area contributed by atoms with E-state index in [9.17, 15) is 9.59 Å². The quantitative estimate of drug-likeness (QED) is 0.408. The van der Waals surface area contributed by atoms with Gasteiger partial charge in [0, 0.05) is 12.5 Å². The summed E-state index contributed by atoms with van der Waals surface area (Å²) in [6.07, 6.45) is 5.95. The third kappa shape index (κ3) is 3.21. The Morgan fingerprint density at radius 2 is 1.93 bits per heavy atom. The Labute approximate surface area is 82.6 Å². The van der Waals surface area contributed by atoms with Crippen LogP contribution < -0.4 is 0 Å². The van der Waals surface area contributed by atoms with E-state index < -0.39 is 0 Å². The summed E-state index contributed by atoms with van der Waals surface area (Å²) in [5.74, 6) is 1.73. The molecule has 70 valence electrons. The van der Waals surface area contributed by atoms with Crippen molar-refractivity contribution < 1.29 is 9.59 Å². The molecule has 0 saturated heterocycles. The maximum absolute atomic E-state index is 10.1. The Morgan fingerprint density at radius 3 is 2.50 bits per heavy atom. The Kier molecular flexibility index (Phi) is 4.12. The van der Waals surface area contributed by atoms with Crippen molar-refractivity contribution in [2.45, 2.75) is 6.42 Å². The molecule has 0 fully saturated rings. The lowest BCUT2D eigenvalue weighted by atomic mass is 10.1. The lowest BCUT2D eigenvalue weighted by Crippen LogP contribution is -1.81. The molecular weight excluding hydrogens is 176 g/mol. The average molecular weight is 186 g/mol. The van der Waals surface area contributed by atoms with E-state index in [4.69, 9.17) is 0 Å². The summed E-state index contributed by atoms with van der Waals surface area (Å²) in [7, 11) is 0. The monoisotopic (exact) mass is 186 g/mol. The molecule has 2 nitrogen and oxygen atoms in total. The highest BCUT2D eigenvalue weighted by Gasteiger charge is 1.89. The molecule has 0 radical (unpaired) electrons. The molecule has 0 aromatic heterocycles. The maximum Gasteiger partial charge on any atom is 0.142 e. The summed E-state index contributed by atoms with van der Waals surface area (Å²) in [5.41, 5.74) is 2.02. The SMILES string of the molecule is O=C=CCc1ccc(/C=C/C=O)cc1. The lowest BCUT2D eigenvalue weighted by Gasteiger charge is -1.96. The van der Waals surface area contributed by atoms with E-state index >= 15 is 0 Å². The Hall–Kier alpha value is -1.92. The van der Waals surface area contributed by atoms with E-state index in [1.165, 1.54) is 12.2 Å². The predicted molar refractivity (Wildman–Crippen MR) is 55.5 cm³/mol. The Balaban J connectivity index is 2.72. The zero-order chi connectivity index (χ0) is 10.2. The minimum atomic E-state index is 0.598. The van der Waals surface area contributed by atoms with Gasteiger partial charge in [-0.25, -0.2) is 4.79 Å². The van der Waals surface area contributed by atoms with E-state index in [1.54, 1.807) is 12.0 Å². The van der Waals surface area contributed by atoms with Crippen molar-refractivity contribution in [3.05, 3.63) is 47.5 Å². The minimum Gasteiger partial charge on any atom is -0.299 e. The highest BCUT2D eigenvalue weighted by atomic mass is 16.1. The van der Waals surface area contributed by atoms with Gasteiger partial charge >= 0.3 is 0 Å². The topological polar surface area (TPSA) is 34.1 Å². The van der Waals surface area contributed by atoms with Crippen LogP contribution in [-0.4, -0.2) is 12.2 Å². The largest absolute Gasteiger partial charge is 0.299 e. The van der Waals surface area contributed by atoms with Gasteiger partial charge in [-0.05, 0) is 17.2 Å². The molecule has 0 heterocycles. The summed E-state index contributed by atoms with van der Waals surface area (Å²) >= 11 is 0. The van der Waals surface area contributed by atoms with Crippen molar-refractivity contribution >= 4 is 18.3 Å². The third-order valence-corrected chi connectivity index (χ3v) is 1.77. The number of benzene rings is 1. The normalized spacial score (nSPS) is 9.71. The highest BCUT2D eigenvalue weighted by molar-refractivity contribution is 5.73. The second kappa shape index (κ2) is 5.68. The molecule has 1 aromatic rings. The molecule has 0 unspecified atom stereocenters. The van der Waals surface area contributed by atoms with E-state index in [0.29, 0.717) is 6.42 Å². The van der Waals surface area contributed by atoms with Crippen LogP contribution in [0.25, 0.3) is 6.08 Å². The van der Waals surface area contributed by atoms with Gasteiger partial charge in [0.1, 0.15) is 12.2 Å². The summed E-state index contributed by atoms with van der Waals surface area (Å²) in [4.78, 5) is 20.0. The molecule has 0 bridgehead atoms.